The molecule has 1 aliphatic carbocycles. The van der Waals surface area contributed by atoms with E-state index in [1.54, 1.807) is 4.90 Å². The first-order chi connectivity index (χ1) is 16.9. The number of amides is 2. The van der Waals surface area contributed by atoms with E-state index in [1.807, 2.05) is 24.3 Å². The number of hydrogen-bond acceptors (Lipinski definition) is 4. The SMILES string of the molecule is CCC(C)CC(NC(=O)OCC1c2ccccc2-c2ccccc21)C(=O)N1CCC(C(=O)O)CC1. The molecular formula is C28H34N2O5. The number of carboxylic acids is 1. The van der Waals surface area contributed by atoms with Crippen LogP contribution in [-0.4, -0.2) is 53.7 Å². The Balaban J connectivity index is 1.40. The fraction of sp³-hybridized carbons (Fsp3) is 0.464. The van der Waals surface area contributed by atoms with Crippen LogP contribution in [0.4, 0.5) is 4.79 Å². The Morgan fingerprint density at radius 3 is 2.14 bits per heavy atom. The van der Waals surface area contributed by atoms with Gasteiger partial charge in [0.05, 0.1) is 5.92 Å². The molecular weight excluding hydrogens is 444 g/mol. The molecule has 2 atom stereocenters. The smallest absolute Gasteiger partial charge is 0.407 e. The Morgan fingerprint density at radius 1 is 1.03 bits per heavy atom. The van der Waals surface area contributed by atoms with Crippen molar-refractivity contribution in [3.05, 3.63) is 59.7 Å². The maximum atomic E-state index is 13.3. The minimum atomic E-state index is -0.815. The highest BCUT2D eigenvalue weighted by atomic mass is 16.5. The molecule has 4 rings (SSSR count). The highest BCUT2D eigenvalue weighted by molar-refractivity contribution is 5.86. The number of hydrogen-bond donors (Lipinski definition) is 2. The van der Waals surface area contributed by atoms with Gasteiger partial charge in [0, 0.05) is 19.0 Å². The largest absolute Gasteiger partial charge is 0.481 e. The van der Waals surface area contributed by atoms with Gasteiger partial charge in [0.25, 0.3) is 0 Å². The van der Waals surface area contributed by atoms with Gasteiger partial charge in [-0.3, -0.25) is 9.59 Å². The van der Waals surface area contributed by atoms with Gasteiger partial charge in [-0.15, -0.1) is 0 Å². The van der Waals surface area contributed by atoms with Crippen molar-refractivity contribution < 1.29 is 24.2 Å². The molecule has 2 aromatic carbocycles. The molecule has 186 valence electrons. The van der Waals surface area contributed by atoms with Crippen molar-refractivity contribution in [2.75, 3.05) is 19.7 Å². The highest BCUT2D eigenvalue weighted by Gasteiger charge is 2.33. The van der Waals surface area contributed by atoms with E-state index >= 15 is 0 Å². The van der Waals surface area contributed by atoms with Gasteiger partial charge < -0.3 is 20.1 Å². The van der Waals surface area contributed by atoms with Crippen molar-refractivity contribution in [1.29, 1.82) is 0 Å². The van der Waals surface area contributed by atoms with E-state index in [0.29, 0.717) is 32.4 Å². The summed E-state index contributed by atoms with van der Waals surface area (Å²) in [5.74, 6) is -1.20. The molecule has 1 fully saturated rings. The number of alkyl carbamates (subject to hydrolysis) is 1. The lowest BCUT2D eigenvalue weighted by Gasteiger charge is -2.33. The van der Waals surface area contributed by atoms with Crippen LogP contribution in [0, 0.1) is 11.8 Å². The zero-order valence-electron chi connectivity index (χ0n) is 20.4. The molecule has 0 spiro atoms. The number of ether oxygens (including phenoxy) is 1. The average molecular weight is 479 g/mol. The maximum absolute atomic E-state index is 13.3. The monoisotopic (exact) mass is 478 g/mol. The van der Waals surface area contributed by atoms with E-state index in [-0.39, 0.29) is 24.3 Å². The molecule has 2 aromatic rings. The molecule has 2 aliphatic rings. The van der Waals surface area contributed by atoms with Gasteiger partial charge in [0.2, 0.25) is 5.91 Å². The van der Waals surface area contributed by atoms with Crippen LogP contribution in [0.15, 0.2) is 48.5 Å². The van der Waals surface area contributed by atoms with Crippen molar-refractivity contribution in [2.45, 2.75) is 51.5 Å². The number of aliphatic carboxylic acids is 1. The molecule has 1 saturated heterocycles. The summed E-state index contributed by atoms with van der Waals surface area (Å²) in [6.45, 7) is 5.07. The molecule has 0 radical (unpaired) electrons. The van der Waals surface area contributed by atoms with Crippen LogP contribution in [0.1, 0.15) is 56.6 Å². The molecule has 2 N–H and O–H groups in total. The summed E-state index contributed by atoms with van der Waals surface area (Å²) in [7, 11) is 0. The molecule has 1 heterocycles. The van der Waals surface area contributed by atoms with Gasteiger partial charge in [-0.1, -0.05) is 68.8 Å². The molecule has 35 heavy (non-hydrogen) atoms. The number of carbonyl (C=O) groups excluding carboxylic acids is 2. The summed E-state index contributed by atoms with van der Waals surface area (Å²) >= 11 is 0. The van der Waals surface area contributed by atoms with Gasteiger partial charge >= 0.3 is 12.1 Å². The maximum Gasteiger partial charge on any atom is 0.407 e. The topological polar surface area (TPSA) is 95.9 Å². The second-order valence-corrected chi connectivity index (χ2v) is 9.71. The molecule has 0 bridgehead atoms. The van der Waals surface area contributed by atoms with Crippen molar-refractivity contribution in [2.24, 2.45) is 11.8 Å². The van der Waals surface area contributed by atoms with Crippen LogP contribution < -0.4 is 5.32 Å². The Morgan fingerprint density at radius 2 is 1.60 bits per heavy atom. The highest BCUT2D eigenvalue weighted by Crippen LogP contribution is 2.44. The summed E-state index contributed by atoms with van der Waals surface area (Å²) in [6.07, 6.45) is 1.66. The number of nitrogens with zero attached hydrogens (tertiary/aromatic N) is 1. The number of carbonyl (C=O) groups is 3. The van der Waals surface area contributed by atoms with Gasteiger partial charge in [-0.2, -0.15) is 0 Å². The predicted molar refractivity (Wildman–Crippen MR) is 133 cm³/mol. The summed E-state index contributed by atoms with van der Waals surface area (Å²) in [5, 5.41) is 12.1. The van der Waals surface area contributed by atoms with Crippen molar-refractivity contribution in [1.82, 2.24) is 10.2 Å². The van der Waals surface area contributed by atoms with E-state index in [9.17, 15) is 19.5 Å². The summed E-state index contributed by atoms with van der Waals surface area (Å²) in [6, 6.07) is 15.6. The molecule has 1 aliphatic heterocycles. The Kier molecular flexibility index (Phi) is 7.73. The third-order valence-corrected chi connectivity index (χ3v) is 7.42. The lowest BCUT2D eigenvalue weighted by molar-refractivity contribution is -0.146. The fourth-order valence-corrected chi connectivity index (χ4v) is 5.14. The number of fused-ring (bicyclic) bond motifs is 3. The van der Waals surface area contributed by atoms with E-state index in [1.165, 1.54) is 0 Å². The van der Waals surface area contributed by atoms with Gasteiger partial charge in [-0.25, -0.2) is 4.79 Å². The fourth-order valence-electron chi connectivity index (χ4n) is 5.14. The second kappa shape index (κ2) is 10.9. The molecule has 7 nitrogen and oxygen atoms in total. The third-order valence-electron chi connectivity index (χ3n) is 7.42. The van der Waals surface area contributed by atoms with Crippen LogP contribution in [-0.2, 0) is 14.3 Å². The second-order valence-electron chi connectivity index (χ2n) is 9.71. The quantitative estimate of drug-likeness (QED) is 0.576. The summed E-state index contributed by atoms with van der Waals surface area (Å²) < 4.78 is 5.67. The van der Waals surface area contributed by atoms with Crippen LogP contribution in [0.25, 0.3) is 11.1 Å². The predicted octanol–water partition coefficient (Wildman–Crippen LogP) is 4.65. The van der Waals surface area contributed by atoms with E-state index in [0.717, 1.165) is 28.7 Å². The van der Waals surface area contributed by atoms with E-state index in [2.05, 4.69) is 43.4 Å². The normalized spacial score (nSPS) is 17.3. The average Bonchev–Trinajstić information content (AvgIpc) is 3.20. The zero-order chi connectivity index (χ0) is 24.9. The first-order valence-corrected chi connectivity index (χ1v) is 12.5. The standard InChI is InChI=1S/C28H34N2O5/c1-3-18(2)16-25(26(31)30-14-12-19(13-15-30)27(32)33)29-28(34)35-17-24-22-10-6-4-8-20(22)21-9-5-7-11-23(21)24/h4-11,18-19,24-25H,3,12-17H2,1-2H3,(H,29,34)(H,32,33). The summed E-state index contributed by atoms with van der Waals surface area (Å²) in [4.78, 5) is 39.0. The van der Waals surface area contributed by atoms with Crippen molar-refractivity contribution in [3.63, 3.8) is 0 Å². The Hall–Kier alpha value is -3.35. The Labute approximate surface area is 206 Å². The number of likely N-dealkylation sites (tertiary alicyclic amines) is 1. The minimum Gasteiger partial charge on any atom is -0.481 e. The number of carboxylic acid groups (broad SMARTS) is 1. The Bertz CT molecular complexity index is 1030. The van der Waals surface area contributed by atoms with Gasteiger partial charge in [0.1, 0.15) is 12.6 Å². The first kappa shape index (κ1) is 24.8. The number of piperidine rings is 1. The van der Waals surface area contributed by atoms with Gasteiger partial charge in [0.15, 0.2) is 0 Å². The van der Waals surface area contributed by atoms with Gasteiger partial charge in [-0.05, 0) is 47.4 Å². The van der Waals surface area contributed by atoms with Crippen molar-refractivity contribution >= 4 is 18.0 Å². The van der Waals surface area contributed by atoms with Crippen LogP contribution in [0.2, 0.25) is 0 Å². The third kappa shape index (κ3) is 5.50. The number of rotatable bonds is 8. The molecule has 0 aromatic heterocycles. The first-order valence-electron chi connectivity index (χ1n) is 12.5. The lowest BCUT2D eigenvalue weighted by atomic mass is 9.94. The molecule has 7 heteroatoms. The molecule has 0 saturated carbocycles. The van der Waals surface area contributed by atoms with Crippen LogP contribution in [0.3, 0.4) is 0 Å². The zero-order valence-corrected chi connectivity index (χ0v) is 20.4. The minimum absolute atomic E-state index is 0.0492. The van der Waals surface area contributed by atoms with Crippen molar-refractivity contribution in [3.8, 4) is 11.1 Å². The lowest BCUT2D eigenvalue weighted by Crippen LogP contribution is -2.51. The number of nitrogens with one attached hydrogen (secondary N) is 1. The molecule has 2 amide bonds. The van der Waals surface area contributed by atoms with E-state index < -0.39 is 24.0 Å². The van der Waals surface area contributed by atoms with E-state index in [4.69, 9.17) is 4.74 Å². The number of benzene rings is 2. The van der Waals surface area contributed by atoms with Crippen LogP contribution in [0.5, 0.6) is 0 Å². The molecule has 2 unspecified atom stereocenters. The van der Waals surface area contributed by atoms with Crippen LogP contribution >= 0.6 is 0 Å². The summed E-state index contributed by atoms with van der Waals surface area (Å²) in [5.41, 5.74) is 4.59.